The molecular weight excluding hydrogens is 428 g/mol. The molecule has 0 saturated carbocycles. The Bertz CT molecular complexity index is 931. The quantitative estimate of drug-likeness (QED) is 0.686. The first-order valence-corrected chi connectivity index (χ1v) is 9.90. The Hall–Kier alpha value is -2.09. The Morgan fingerprint density at radius 1 is 1.11 bits per heavy atom. The van der Waals surface area contributed by atoms with E-state index in [2.05, 4.69) is 20.9 Å². The van der Waals surface area contributed by atoms with E-state index in [4.69, 9.17) is 9.47 Å². The van der Waals surface area contributed by atoms with E-state index in [1.807, 2.05) is 0 Å². The maximum atomic E-state index is 12.9. The Morgan fingerprint density at radius 2 is 1.71 bits per heavy atom. The Kier molecular flexibility index (Phi) is 6.43. The maximum absolute atomic E-state index is 12.9. The van der Waals surface area contributed by atoms with E-state index in [1.165, 1.54) is 4.57 Å². The monoisotopic (exact) mass is 454 g/mol. The van der Waals surface area contributed by atoms with Crippen LogP contribution in [-0.2, 0) is 19.1 Å². The summed E-state index contributed by atoms with van der Waals surface area (Å²) < 4.78 is 13.0. The lowest BCUT2D eigenvalue weighted by Gasteiger charge is -2.25. The number of hydrogen-bond donors (Lipinski definition) is 1. The van der Waals surface area contributed by atoms with E-state index in [1.54, 1.807) is 59.7 Å². The molecule has 2 rings (SSSR count). The first-order valence-electron chi connectivity index (χ1n) is 9.11. The van der Waals surface area contributed by atoms with Crippen LogP contribution < -0.4 is 5.69 Å². The number of imidazole rings is 1. The summed E-state index contributed by atoms with van der Waals surface area (Å²) in [6, 6.07) is 4.33. The van der Waals surface area contributed by atoms with Crippen molar-refractivity contribution in [2.75, 3.05) is 0 Å². The number of carbonyl (C=O) groups excluding carboxylic acids is 2. The van der Waals surface area contributed by atoms with Crippen molar-refractivity contribution < 1.29 is 19.1 Å². The molecule has 0 unspecified atom stereocenters. The largest absolute Gasteiger partial charge is 0.460 e. The Balaban J connectivity index is 2.39. The van der Waals surface area contributed by atoms with Crippen LogP contribution in [0.25, 0.3) is 11.0 Å². The summed E-state index contributed by atoms with van der Waals surface area (Å²) in [4.78, 5) is 40.4. The summed E-state index contributed by atoms with van der Waals surface area (Å²) in [6.45, 7) is 10.6. The van der Waals surface area contributed by atoms with Crippen LogP contribution in [0.15, 0.2) is 27.5 Å². The number of H-pyrrole nitrogens is 1. The van der Waals surface area contributed by atoms with Gasteiger partial charge in [0.2, 0.25) is 0 Å². The molecule has 0 spiro atoms. The second kappa shape index (κ2) is 8.11. The highest BCUT2D eigenvalue weighted by Crippen LogP contribution is 2.25. The van der Waals surface area contributed by atoms with E-state index in [9.17, 15) is 14.4 Å². The van der Waals surface area contributed by atoms with Crippen molar-refractivity contribution in [3.63, 3.8) is 0 Å². The molecule has 1 aromatic heterocycles. The van der Waals surface area contributed by atoms with E-state index >= 15 is 0 Å². The predicted octanol–water partition coefficient (Wildman–Crippen LogP) is 4.10. The zero-order valence-electron chi connectivity index (χ0n) is 17.1. The number of nitrogens with one attached hydrogen (secondary N) is 1. The lowest BCUT2D eigenvalue weighted by molar-refractivity contribution is -0.160. The van der Waals surface area contributed by atoms with E-state index in [0.717, 1.165) is 4.47 Å². The van der Waals surface area contributed by atoms with Gasteiger partial charge in [0, 0.05) is 10.9 Å². The van der Waals surface area contributed by atoms with Gasteiger partial charge < -0.3 is 14.5 Å². The van der Waals surface area contributed by atoms with Gasteiger partial charge in [-0.2, -0.15) is 0 Å². The second-order valence-electron chi connectivity index (χ2n) is 8.64. The molecule has 1 aromatic carbocycles. The molecule has 0 aliphatic rings. The third kappa shape index (κ3) is 5.95. The topological polar surface area (TPSA) is 90.4 Å². The second-order valence-corrected chi connectivity index (χ2v) is 9.55. The molecule has 2 aromatic rings. The summed E-state index contributed by atoms with van der Waals surface area (Å²) in [5, 5.41) is 0. The molecule has 0 bridgehead atoms. The smallest absolute Gasteiger partial charge is 0.329 e. The average Bonchev–Trinajstić information content (AvgIpc) is 2.79. The van der Waals surface area contributed by atoms with Gasteiger partial charge in [-0.15, -0.1) is 0 Å². The molecule has 7 nitrogen and oxygen atoms in total. The van der Waals surface area contributed by atoms with Gasteiger partial charge in [0.15, 0.2) is 0 Å². The van der Waals surface area contributed by atoms with Gasteiger partial charge in [-0.25, -0.2) is 9.59 Å². The van der Waals surface area contributed by atoms with Crippen LogP contribution in [0.3, 0.4) is 0 Å². The van der Waals surface area contributed by atoms with Crippen molar-refractivity contribution in [2.24, 2.45) is 0 Å². The van der Waals surface area contributed by atoms with Gasteiger partial charge in [0.1, 0.15) is 17.2 Å². The number of halogens is 1. The summed E-state index contributed by atoms with van der Waals surface area (Å²) in [7, 11) is 0. The van der Waals surface area contributed by atoms with Crippen molar-refractivity contribution in [1.29, 1.82) is 0 Å². The highest BCUT2D eigenvalue weighted by Gasteiger charge is 2.30. The number of hydrogen-bond acceptors (Lipinski definition) is 5. The molecule has 0 amide bonds. The zero-order chi connectivity index (χ0) is 21.3. The van der Waals surface area contributed by atoms with Gasteiger partial charge in [-0.1, -0.05) is 15.9 Å². The summed E-state index contributed by atoms with van der Waals surface area (Å²) in [5.74, 6) is -1.00. The lowest BCUT2D eigenvalue weighted by Crippen LogP contribution is -2.35. The number of fused-ring (bicyclic) bond motifs is 1. The first-order chi connectivity index (χ1) is 12.8. The maximum Gasteiger partial charge on any atom is 0.329 e. The van der Waals surface area contributed by atoms with Crippen molar-refractivity contribution in [3.8, 4) is 0 Å². The predicted molar refractivity (Wildman–Crippen MR) is 110 cm³/mol. The number of aromatic amines is 1. The molecule has 0 fully saturated rings. The van der Waals surface area contributed by atoms with Gasteiger partial charge in [-0.05, 0) is 66.2 Å². The highest BCUT2D eigenvalue weighted by atomic mass is 79.9. The number of rotatable bonds is 5. The minimum absolute atomic E-state index is 0.0170. The van der Waals surface area contributed by atoms with Gasteiger partial charge in [-0.3, -0.25) is 9.36 Å². The number of benzene rings is 1. The fourth-order valence-electron chi connectivity index (χ4n) is 2.78. The lowest BCUT2D eigenvalue weighted by atomic mass is 10.1. The van der Waals surface area contributed by atoms with E-state index in [0.29, 0.717) is 11.0 Å². The molecule has 154 valence electrons. The molecule has 1 atom stereocenters. The van der Waals surface area contributed by atoms with Crippen LogP contribution in [0.4, 0.5) is 0 Å². The summed E-state index contributed by atoms with van der Waals surface area (Å²) >= 11 is 3.37. The van der Waals surface area contributed by atoms with Crippen LogP contribution in [0.2, 0.25) is 0 Å². The molecule has 0 radical (unpaired) electrons. The van der Waals surface area contributed by atoms with Crippen LogP contribution in [0.1, 0.15) is 60.4 Å². The number of carbonyl (C=O) groups is 2. The SMILES string of the molecule is CC(C)(C)OC(=O)CC[C@@H](C(=O)OC(C)(C)C)n1c(=O)[nH]c2cc(Br)ccc21. The van der Waals surface area contributed by atoms with Crippen LogP contribution in [0.5, 0.6) is 0 Å². The minimum atomic E-state index is -0.950. The van der Waals surface area contributed by atoms with Gasteiger partial charge in [0.25, 0.3) is 0 Å². The van der Waals surface area contributed by atoms with Crippen molar-refractivity contribution in [1.82, 2.24) is 9.55 Å². The minimum Gasteiger partial charge on any atom is -0.460 e. The molecule has 28 heavy (non-hydrogen) atoms. The third-order valence-electron chi connectivity index (χ3n) is 3.71. The number of esters is 2. The normalized spacial score (nSPS) is 13.4. The van der Waals surface area contributed by atoms with Crippen LogP contribution in [0, 0.1) is 0 Å². The first kappa shape index (κ1) is 22.2. The fourth-order valence-corrected chi connectivity index (χ4v) is 3.14. The molecule has 1 heterocycles. The zero-order valence-corrected chi connectivity index (χ0v) is 18.7. The third-order valence-corrected chi connectivity index (χ3v) is 4.20. The highest BCUT2D eigenvalue weighted by molar-refractivity contribution is 9.10. The van der Waals surface area contributed by atoms with Crippen molar-refractivity contribution in [3.05, 3.63) is 33.2 Å². The van der Waals surface area contributed by atoms with E-state index in [-0.39, 0.29) is 12.8 Å². The van der Waals surface area contributed by atoms with Crippen LogP contribution in [-0.4, -0.2) is 32.7 Å². The summed E-state index contributed by atoms with van der Waals surface area (Å²) in [6.07, 6.45) is 0.0730. The Labute approximate surface area is 172 Å². The Morgan fingerprint density at radius 3 is 2.29 bits per heavy atom. The standard InChI is InChI=1S/C20H27BrN2O5/c1-19(2,3)27-16(24)10-9-15(17(25)28-20(4,5)6)23-14-8-7-12(21)11-13(14)22-18(23)26/h7-8,11,15H,9-10H2,1-6H3,(H,22,26)/t15-/m0/s1. The molecule has 0 saturated heterocycles. The summed E-state index contributed by atoms with van der Waals surface area (Å²) in [5.41, 5.74) is -0.630. The van der Waals surface area contributed by atoms with Gasteiger partial charge in [0.05, 0.1) is 11.0 Å². The molecule has 8 heteroatoms. The van der Waals surface area contributed by atoms with Crippen LogP contribution >= 0.6 is 15.9 Å². The van der Waals surface area contributed by atoms with Gasteiger partial charge >= 0.3 is 17.6 Å². The van der Waals surface area contributed by atoms with Crippen molar-refractivity contribution in [2.45, 2.75) is 71.6 Å². The number of aromatic nitrogens is 2. The molecular formula is C20H27BrN2O5. The average molecular weight is 455 g/mol. The van der Waals surface area contributed by atoms with Crippen molar-refractivity contribution >= 4 is 38.9 Å². The number of ether oxygens (including phenoxy) is 2. The van der Waals surface area contributed by atoms with E-state index < -0.39 is 34.9 Å². The molecule has 0 aliphatic heterocycles. The molecule has 1 N–H and O–H groups in total. The number of nitrogens with zero attached hydrogens (tertiary/aromatic N) is 1. The molecule has 0 aliphatic carbocycles. The fraction of sp³-hybridized carbons (Fsp3) is 0.550.